The second kappa shape index (κ2) is 13.8. The number of rotatable bonds is 12. The van der Waals surface area contributed by atoms with Gasteiger partial charge in [0.1, 0.15) is 5.75 Å². The molecule has 5 heteroatoms. The second-order valence-electron chi connectivity index (χ2n) is 10.8. The Bertz CT molecular complexity index is 700. The van der Waals surface area contributed by atoms with Gasteiger partial charge in [-0.25, -0.2) is 0 Å². The highest BCUT2D eigenvalue weighted by atomic mass is 16.5. The number of ether oxygens (including phenoxy) is 1. The Balaban J connectivity index is 1.07. The zero-order chi connectivity index (χ0) is 23.6. The number of aliphatic hydroxyl groups excluding tert-OH is 1. The van der Waals surface area contributed by atoms with E-state index >= 15 is 0 Å². The van der Waals surface area contributed by atoms with Crippen molar-refractivity contribution in [2.75, 3.05) is 45.9 Å². The van der Waals surface area contributed by atoms with Gasteiger partial charge in [0.15, 0.2) is 6.35 Å². The zero-order valence-corrected chi connectivity index (χ0v) is 21.7. The third-order valence-corrected chi connectivity index (χ3v) is 8.39. The summed E-state index contributed by atoms with van der Waals surface area (Å²) in [5.41, 5.74) is 1.42. The van der Waals surface area contributed by atoms with Crippen LogP contribution in [-0.4, -0.2) is 78.1 Å². The highest BCUT2D eigenvalue weighted by molar-refractivity contribution is 5.36. The highest BCUT2D eigenvalue weighted by Crippen LogP contribution is 2.34. The van der Waals surface area contributed by atoms with Crippen molar-refractivity contribution < 1.29 is 9.84 Å². The van der Waals surface area contributed by atoms with Crippen molar-refractivity contribution >= 4 is 0 Å². The zero-order valence-electron chi connectivity index (χ0n) is 21.7. The fourth-order valence-electron chi connectivity index (χ4n) is 6.33. The largest absolute Gasteiger partial charge is 0.493 e. The number of likely N-dealkylation sites (tertiary alicyclic amines) is 1. The van der Waals surface area contributed by atoms with E-state index in [2.05, 4.69) is 45.9 Å². The topological polar surface area (TPSA) is 39.2 Å². The first kappa shape index (κ1) is 25.9. The predicted molar refractivity (Wildman–Crippen MR) is 140 cm³/mol. The quantitative estimate of drug-likeness (QED) is 0.411. The summed E-state index contributed by atoms with van der Waals surface area (Å²) in [6.45, 7) is 9.79. The minimum atomic E-state index is -0.332. The van der Waals surface area contributed by atoms with E-state index in [1.165, 1.54) is 95.8 Å². The summed E-state index contributed by atoms with van der Waals surface area (Å²) in [6.07, 6.45) is 14.9. The average molecular weight is 472 g/mol. The number of unbranched alkanes of at least 4 members (excludes halogenated alkanes) is 3. The molecule has 1 aliphatic carbocycles. The summed E-state index contributed by atoms with van der Waals surface area (Å²) in [5.74, 6) is 1.75. The maximum atomic E-state index is 10.8. The third-order valence-electron chi connectivity index (χ3n) is 8.39. The molecule has 34 heavy (non-hydrogen) atoms. The van der Waals surface area contributed by atoms with E-state index in [4.69, 9.17) is 4.74 Å². The van der Waals surface area contributed by atoms with Crippen LogP contribution in [0.4, 0.5) is 0 Å². The number of nitrogens with zero attached hydrogens (tertiary/aromatic N) is 3. The van der Waals surface area contributed by atoms with Crippen molar-refractivity contribution in [3.8, 4) is 5.75 Å². The van der Waals surface area contributed by atoms with Crippen LogP contribution in [0.2, 0.25) is 0 Å². The Kier molecular flexibility index (Phi) is 10.5. The predicted octanol–water partition coefficient (Wildman–Crippen LogP) is 5.44. The Morgan fingerprint density at radius 2 is 1.59 bits per heavy atom. The SMILES string of the molecule is CCCOc1ccccc1C1CCN(CCCCCCN2CCN(C3CCCCC3)C2O)CC1. The molecule has 1 aromatic rings. The molecule has 3 aliphatic rings. The summed E-state index contributed by atoms with van der Waals surface area (Å²) >= 11 is 0. The second-order valence-corrected chi connectivity index (χ2v) is 10.8. The van der Waals surface area contributed by atoms with Gasteiger partial charge in [-0.05, 0) is 82.1 Å². The van der Waals surface area contributed by atoms with Crippen LogP contribution in [0.15, 0.2) is 24.3 Å². The molecule has 0 aromatic heterocycles. The summed E-state index contributed by atoms with van der Waals surface area (Å²) in [4.78, 5) is 7.34. The molecule has 0 amide bonds. The molecule has 0 radical (unpaired) electrons. The van der Waals surface area contributed by atoms with Gasteiger partial charge in [0.2, 0.25) is 0 Å². The molecule has 2 heterocycles. The fraction of sp³-hybridized carbons (Fsp3) is 0.793. The molecular weight excluding hydrogens is 422 g/mol. The average Bonchev–Trinajstić information content (AvgIpc) is 3.26. The molecule has 1 N–H and O–H groups in total. The van der Waals surface area contributed by atoms with Gasteiger partial charge < -0.3 is 14.7 Å². The van der Waals surface area contributed by atoms with Crippen LogP contribution in [0, 0.1) is 0 Å². The molecule has 2 saturated heterocycles. The van der Waals surface area contributed by atoms with Crippen molar-refractivity contribution in [1.82, 2.24) is 14.7 Å². The number of benzene rings is 1. The highest BCUT2D eigenvalue weighted by Gasteiger charge is 2.34. The summed E-state index contributed by atoms with van der Waals surface area (Å²) < 4.78 is 6.01. The van der Waals surface area contributed by atoms with Crippen molar-refractivity contribution in [2.24, 2.45) is 0 Å². The number of hydrogen-bond donors (Lipinski definition) is 1. The van der Waals surface area contributed by atoms with Crippen molar-refractivity contribution in [3.63, 3.8) is 0 Å². The van der Waals surface area contributed by atoms with E-state index in [1.54, 1.807) is 0 Å². The maximum Gasteiger partial charge on any atom is 0.165 e. The smallest absolute Gasteiger partial charge is 0.165 e. The third kappa shape index (κ3) is 7.19. The first-order chi connectivity index (χ1) is 16.8. The molecule has 0 spiro atoms. The standard InChI is InChI=1S/C29H49N3O2/c1-2-24-34-28-15-9-8-14-27(28)25-16-20-30(21-17-25)18-10-3-4-11-19-31-22-23-32(29(31)33)26-12-6-5-7-13-26/h8-9,14-15,25-26,29,33H,2-7,10-13,16-24H2,1H3. The summed E-state index contributed by atoms with van der Waals surface area (Å²) in [6, 6.07) is 9.30. The first-order valence-corrected chi connectivity index (χ1v) is 14.4. The van der Waals surface area contributed by atoms with E-state index in [0.29, 0.717) is 12.0 Å². The Hall–Kier alpha value is -1.14. The number of hydrogen-bond acceptors (Lipinski definition) is 5. The molecule has 0 bridgehead atoms. The van der Waals surface area contributed by atoms with Gasteiger partial charge in [-0.15, -0.1) is 0 Å². The van der Waals surface area contributed by atoms with Crippen LogP contribution < -0.4 is 4.74 Å². The van der Waals surface area contributed by atoms with Crippen LogP contribution in [0.5, 0.6) is 5.75 Å². The van der Waals surface area contributed by atoms with Gasteiger partial charge in [0, 0.05) is 25.7 Å². The molecule has 1 saturated carbocycles. The Morgan fingerprint density at radius 3 is 2.35 bits per heavy atom. The van der Waals surface area contributed by atoms with Crippen molar-refractivity contribution in [3.05, 3.63) is 29.8 Å². The molecule has 1 atom stereocenters. The van der Waals surface area contributed by atoms with E-state index in [-0.39, 0.29) is 6.35 Å². The monoisotopic (exact) mass is 471 g/mol. The molecule has 192 valence electrons. The van der Waals surface area contributed by atoms with E-state index < -0.39 is 0 Å². The molecule has 4 rings (SSSR count). The Morgan fingerprint density at radius 1 is 0.853 bits per heavy atom. The van der Waals surface area contributed by atoms with Gasteiger partial charge in [-0.3, -0.25) is 9.80 Å². The minimum absolute atomic E-state index is 0.332. The van der Waals surface area contributed by atoms with Crippen molar-refractivity contribution in [1.29, 1.82) is 0 Å². The van der Waals surface area contributed by atoms with Crippen LogP contribution in [0.1, 0.15) is 95.5 Å². The van der Waals surface area contributed by atoms with Crippen molar-refractivity contribution in [2.45, 2.75) is 102 Å². The summed E-state index contributed by atoms with van der Waals surface area (Å²) in [7, 11) is 0. The number of para-hydroxylation sites is 1. The molecule has 1 aromatic carbocycles. The molecular formula is C29H49N3O2. The Labute approximate surface area is 208 Å². The van der Waals surface area contributed by atoms with Gasteiger partial charge in [0.25, 0.3) is 0 Å². The molecule has 1 unspecified atom stereocenters. The van der Waals surface area contributed by atoms with Gasteiger partial charge in [0.05, 0.1) is 6.61 Å². The molecule has 5 nitrogen and oxygen atoms in total. The summed E-state index contributed by atoms with van der Waals surface area (Å²) in [5, 5.41) is 10.8. The lowest BCUT2D eigenvalue weighted by Crippen LogP contribution is -2.45. The molecule has 2 aliphatic heterocycles. The van der Waals surface area contributed by atoms with Gasteiger partial charge >= 0.3 is 0 Å². The number of aliphatic hydroxyl groups is 1. The lowest BCUT2D eigenvalue weighted by molar-refractivity contribution is -0.0806. The lowest BCUT2D eigenvalue weighted by Gasteiger charge is -2.34. The molecule has 3 fully saturated rings. The van der Waals surface area contributed by atoms with Crippen LogP contribution in [-0.2, 0) is 0 Å². The van der Waals surface area contributed by atoms with Gasteiger partial charge in [-0.2, -0.15) is 0 Å². The van der Waals surface area contributed by atoms with Gasteiger partial charge in [-0.1, -0.05) is 57.2 Å². The minimum Gasteiger partial charge on any atom is -0.493 e. The van der Waals surface area contributed by atoms with E-state index in [1.807, 2.05) is 0 Å². The number of piperidine rings is 1. The van der Waals surface area contributed by atoms with E-state index in [0.717, 1.165) is 38.4 Å². The van der Waals surface area contributed by atoms with E-state index in [9.17, 15) is 5.11 Å². The maximum absolute atomic E-state index is 10.8. The first-order valence-electron chi connectivity index (χ1n) is 14.4. The van der Waals surface area contributed by atoms with Crippen LogP contribution in [0.3, 0.4) is 0 Å². The van der Waals surface area contributed by atoms with Crippen LogP contribution in [0.25, 0.3) is 0 Å². The van der Waals surface area contributed by atoms with Crippen LogP contribution >= 0.6 is 0 Å². The normalized spacial score (nSPS) is 24.1. The lowest BCUT2D eigenvalue weighted by atomic mass is 9.88. The fourth-order valence-corrected chi connectivity index (χ4v) is 6.33.